The average molecular weight is 551 g/mol. The van der Waals surface area contributed by atoms with E-state index in [0.29, 0.717) is 35.4 Å². The van der Waals surface area contributed by atoms with Gasteiger partial charge in [0.15, 0.2) is 5.82 Å². The number of hydrogen-bond donors (Lipinski definition) is 1. The fourth-order valence-corrected chi connectivity index (χ4v) is 5.80. The van der Waals surface area contributed by atoms with Gasteiger partial charge in [0.1, 0.15) is 17.3 Å². The van der Waals surface area contributed by atoms with E-state index in [1.54, 1.807) is 19.4 Å². The third kappa shape index (κ3) is 5.49. The standard InChI is InChI=1S/C32H34N6O3/c1-40-26-17-24(18-27(19-26)41-21-22-6-7-22)31(39)35-28-20-32(28)9-14-37(15-10-32)29-8-12-33-30(36-29)23-4-2-5-25(16-23)38-13-3-11-34-38/h2-5,8,11-13,16-19,22,28H,6-7,9-10,14-15,20-21H2,1H3,(H,35,39). The molecule has 3 heterocycles. The van der Waals surface area contributed by atoms with Crippen molar-refractivity contribution >= 4 is 11.7 Å². The minimum absolute atomic E-state index is 0.0674. The lowest BCUT2D eigenvalue weighted by Gasteiger charge is -2.33. The first-order valence-corrected chi connectivity index (χ1v) is 14.4. The van der Waals surface area contributed by atoms with E-state index in [1.807, 2.05) is 59.5 Å². The predicted octanol–water partition coefficient (Wildman–Crippen LogP) is 4.92. The van der Waals surface area contributed by atoms with Gasteiger partial charge in [0.05, 0.1) is 19.4 Å². The molecule has 2 aromatic carbocycles. The Kier molecular flexibility index (Phi) is 6.57. The van der Waals surface area contributed by atoms with Crippen LogP contribution in [-0.4, -0.2) is 58.5 Å². The number of anilines is 1. The second-order valence-electron chi connectivity index (χ2n) is 11.5. The Morgan fingerprint density at radius 2 is 1.90 bits per heavy atom. The molecule has 3 aliphatic rings. The van der Waals surface area contributed by atoms with Crippen LogP contribution in [0.4, 0.5) is 5.82 Å². The van der Waals surface area contributed by atoms with Gasteiger partial charge >= 0.3 is 0 Å². The fraction of sp³-hybridized carbons (Fsp3) is 0.375. The SMILES string of the molecule is COc1cc(OCC2CC2)cc(C(=O)NC2CC23CCN(c2ccnc(-c4cccc(-n5cccn5)c4)n2)CC3)c1. The Balaban J connectivity index is 0.977. The first kappa shape index (κ1) is 25.6. The van der Waals surface area contributed by atoms with Crippen LogP contribution in [0.2, 0.25) is 0 Å². The Morgan fingerprint density at radius 1 is 1.05 bits per heavy atom. The summed E-state index contributed by atoms with van der Waals surface area (Å²) in [5.74, 6) is 3.54. The molecule has 2 saturated carbocycles. The summed E-state index contributed by atoms with van der Waals surface area (Å²) in [5, 5.41) is 7.62. The molecule has 1 amide bonds. The van der Waals surface area contributed by atoms with Crippen LogP contribution in [0.25, 0.3) is 17.1 Å². The third-order valence-electron chi connectivity index (χ3n) is 8.65. The number of benzene rings is 2. The second-order valence-corrected chi connectivity index (χ2v) is 11.5. The van der Waals surface area contributed by atoms with Crippen molar-refractivity contribution in [1.29, 1.82) is 0 Å². The van der Waals surface area contributed by atoms with Crippen molar-refractivity contribution in [2.45, 2.75) is 38.1 Å². The van der Waals surface area contributed by atoms with Crippen LogP contribution >= 0.6 is 0 Å². The zero-order valence-electron chi connectivity index (χ0n) is 23.2. The smallest absolute Gasteiger partial charge is 0.251 e. The monoisotopic (exact) mass is 550 g/mol. The number of piperidine rings is 1. The zero-order chi connectivity index (χ0) is 27.8. The van der Waals surface area contributed by atoms with E-state index >= 15 is 0 Å². The van der Waals surface area contributed by atoms with Crippen LogP contribution in [0.3, 0.4) is 0 Å². The molecule has 1 saturated heterocycles. The van der Waals surface area contributed by atoms with Gasteiger partial charge < -0.3 is 19.7 Å². The van der Waals surface area contributed by atoms with Crippen LogP contribution in [0.5, 0.6) is 11.5 Å². The molecule has 9 nitrogen and oxygen atoms in total. The quantitative estimate of drug-likeness (QED) is 0.316. The molecule has 2 aliphatic carbocycles. The van der Waals surface area contributed by atoms with Crippen molar-refractivity contribution in [3.8, 4) is 28.6 Å². The van der Waals surface area contributed by atoms with E-state index < -0.39 is 0 Å². The van der Waals surface area contributed by atoms with Crippen molar-refractivity contribution in [3.05, 3.63) is 78.8 Å². The minimum atomic E-state index is -0.0674. The summed E-state index contributed by atoms with van der Waals surface area (Å²) >= 11 is 0. The summed E-state index contributed by atoms with van der Waals surface area (Å²) in [5.41, 5.74) is 2.67. The summed E-state index contributed by atoms with van der Waals surface area (Å²) in [6.45, 7) is 2.49. The van der Waals surface area contributed by atoms with E-state index in [-0.39, 0.29) is 17.4 Å². The van der Waals surface area contributed by atoms with Crippen LogP contribution in [0.15, 0.2) is 73.2 Å². The highest BCUT2D eigenvalue weighted by molar-refractivity contribution is 5.95. The number of hydrogen-bond acceptors (Lipinski definition) is 7. The molecule has 1 unspecified atom stereocenters. The molecule has 7 rings (SSSR count). The first-order valence-electron chi connectivity index (χ1n) is 14.4. The molecular formula is C32H34N6O3. The van der Waals surface area contributed by atoms with Gasteiger partial charge in [-0.05, 0) is 79.8 Å². The normalized spacial score (nSPS) is 19.1. The van der Waals surface area contributed by atoms with Crippen molar-refractivity contribution in [2.24, 2.45) is 11.3 Å². The number of methoxy groups -OCH3 is 1. The maximum atomic E-state index is 13.2. The summed E-state index contributed by atoms with van der Waals surface area (Å²) < 4.78 is 13.2. The Morgan fingerprint density at radius 3 is 2.68 bits per heavy atom. The topological polar surface area (TPSA) is 94.4 Å². The predicted molar refractivity (Wildman–Crippen MR) is 156 cm³/mol. The largest absolute Gasteiger partial charge is 0.497 e. The number of rotatable bonds is 9. The summed E-state index contributed by atoms with van der Waals surface area (Å²) in [4.78, 5) is 25.0. The summed E-state index contributed by atoms with van der Waals surface area (Å²) in [6.07, 6.45) is 11.0. The molecule has 2 aromatic heterocycles. The number of carbonyl (C=O) groups excluding carboxylic acids is 1. The minimum Gasteiger partial charge on any atom is -0.497 e. The molecule has 0 bridgehead atoms. The van der Waals surface area contributed by atoms with Crippen LogP contribution < -0.4 is 19.7 Å². The number of amides is 1. The van der Waals surface area contributed by atoms with Crippen molar-refractivity contribution in [1.82, 2.24) is 25.1 Å². The van der Waals surface area contributed by atoms with E-state index in [1.165, 1.54) is 12.8 Å². The van der Waals surface area contributed by atoms with Crippen LogP contribution in [-0.2, 0) is 0 Å². The lowest BCUT2D eigenvalue weighted by molar-refractivity contribution is 0.0942. The Labute approximate surface area is 239 Å². The average Bonchev–Trinajstić information content (AvgIpc) is 3.90. The van der Waals surface area contributed by atoms with Gasteiger partial charge in [-0.15, -0.1) is 0 Å². The second kappa shape index (κ2) is 10.5. The zero-order valence-corrected chi connectivity index (χ0v) is 23.2. The summed E-state index contributed by atoms with van der Waals surface area (Å²) in [7, 11) is 1.62. The molecular weight excluding hydrogens is 516 g/mol. The number of nitrogens with zero attached hydrogens (tertiary/aromatic N) is 5. The van der Waals surface area contributed by atoms with E-state index in [4.69, 9.17) is 14.5 Å². The molecule has 1 aliphatic heterocycles. The first-order chi connectivity index (χ1) is 20.1. The molecule has 1 spiro atoms. The number of nitrogens with one attached hydrogen (secondary N) is 1. The van der Waals surface area contributed by atoms with Crippen molar-refractivity contribution < 1.29 is 14.3 Å². The van der Waals surface area contributed by atoms with E-state index in [0.717, 1.165) is 49.4 Å². The molecule has 41 heavy (non-hydrogen) atoms. The highest BCUT2D eigenvalue weighted by Crippen LogP contribution is 2.54. The van der Waals surface area contributed by atoms with Crippen molar-refractivity contribution in [2.75, 3.05) is 31.7 Å². The number of aromatic nitrogens is 4. The van der Waals surface area contributed by atoms with E-state index in [2.05, 4.69) is 26.4 Å². The summed E-state index contributed by atoms with van der Waals surface area (Å²) in [6, 6.07) is 17.6. The highest BCUT2D eigenvalue weighted by atomic mass is 16.5. The molecule has 1 N–H and O–H groups in total. The maximum absolute atomic E-state index is 13.2. The highest BCUT2D eigenvalue weighted by Gasteiger charge is 2.55. The van der Waals surface area contributed by atoms with E-state index in [9.17, 15) is 4.79 Å². The van der Waals surface area contributed by atoms with Gasteiger partial charge in [0, 0.05) is 54.9 Å². The van der Waals surface area contributed by atoms with Crippen LogP contribution in [0, 0.1) is 11.3 Å². The number of carbonyl (C=O) groups is 1. The van der Waals surface area contributed by atoms with Gasteiger partial charge in [-0.25, -0.2) is 14.6 Å². The molecule has 3 fully saturated rings. The third-order valence-corrected chi connectivity index (χ3v) is 8.65. The number of ether oxygens (including phenoxy) is 2. The van der Waals surface area contributed by atoms with Crippen molar-refractivity contribution in [3.63, 3.8) is 0 Å². The Bertz CT molecular complexity index is 1540. The van der Waals surface area contributed by atoms with Gasteiger partial charge in [-0.1, -0.05) is 12.1 Å². The fourth-order valence-electron chi connectivity index (χ4n) is 5.80. The molecule has 4 aromatic rings. The van der Waals surface area contributed by atoms with Gasteiger partial charge in [0.25, 0.3) is 5.91 Å². The molecule has 9 heteroatoms. The lowest BCUT2D eigenvalue weighted by Crippen LogP contribution is -2.39. The van der Waals surface area contributed by atoms with Gasteiger partial charge in [-0.3, -0.25) is 4.79 Å². The lowest BCUT2D eigenvalue weighted by atomic mass is 9.92. The molecule has 210 valence electrons. The molecule has 1 atom stereocenters. The maximum Gasteiger partial charge on any atom is 0.251 e. The van der Waals surface area contributed by atoms with Gasteiger partial charge in [-0.2, -0.15) is 5.10 Å². The van der Waals surface area contributed by atoms with Gasteiger partial charge in [0.2, 0.25) is 0 Å². The molecule has 0 radical (unpaired) electrons. The van der Waals surface area contributed by atoms with Crippen LogP contribution in [0.1, 0.15) is 42.5 Å². The Hall–Kier alpha value is -4.40.